The van der Waals surface area contributed by atoms with Crippen LogP contribution in [0.1, 0.15) is 6.42 Å². The first kappa shape index (κ1) is 14.7. The predicted molar refractivity (Wildman–Crippen MR) is 72.0 cm³/mol. The second-order valence-corrected chi connectivity index (χ2v) is 6.40. The van der Waals surface area contributed by atoms with Crippen LogP contribution in [0.3, 0.4) is 0 Å². The summed E-state index contributed by atoms with van der Waals surface area (Å²) in [4.78, 5) is 10.1. The van der Waals surface area contributed by atoms with Gasteiger partial charge in [-0.3, -0.25) is 10.1 Å². The maximum atomic E-state index is 12.4. The van der Waals surface area contributed by atoms with E-state index in [4.69, 9.17) is 0 Å². The van der Waals surface area contributed by atoms with Crippen molar-refractivity contribution in [3.05, 3.63) is 28.3 Å². The number of sulfonamides is 1. The molecule has 0 amide bonds. The summed E-state index contributed by atoms with van der Waals surface area (Å²) in [6.45, 7) is 0.284. The zero-order valence-corrected chi connectivity index (χ0v) is 11.6. The standard InChI is InChI=1S/C11H15N3O5S/c1-12-10-6-8(14(16)17)2-3-11(10)20(18,19)13-5-4-9(15)7-13/h2-3,6,9,12,15H,4-5,7H2,1H3. The van der Waals surface area contributed by atoms with Crippen LogP contribution in [0.25, 0.3) is 0 Å². The lowest BCUT2D eigenvalue weighted by Crippen LogP contribution is -2.30. The molecule has 9 heteroatoms. The summed E-state index contributed by atoms with van der Waals surface area (Å²) in [6, 6.07) is 3.55. The molecule has 110 valence electrons. The highest BCUT2D eigenvalue weighted by Gasteiger charge is 2.33. The first-order valence-corrected chi connectivity index (χ1v) is 7.44. The number of β-amino-alcohol motifs (C(OH)–C–C–N with tert-alkyl or cyclic N) is 1. The highest BCUT2D eigenvalue weighted by molar-refractivity contribution is 7.89. The van der Waals surface area contributed by atoms with E-state index in [9.17, 15) is 23.6 Å². The Hall–Kier alpha value is -1.71. The number of anilines is 1. The molecule has 20 heavy (non-hydrogen) atoms. The monoisotopic (exact) mass is 301 g/mol. The molecule has 2 rings (SSSR count). The van der Waals surface area contributed by atoms with Crippen molar-refractivity contribution in [1.82, 2.24) is 4.31 Å². The lowest BCUT2D eigenvalue weighted by Gasteiger charge is -2.18. The molecule has 0 bridgehead atoms. The van der Waals surface area contributed by atoms with Crippen LogP contribution in [-0.2, 0) is 10.0 Å². The first-order valence-electron chi connectivity index (χ1n) is 6.00. The van der Waals surface area contributed by atoms with Gasteiger partial charge in [-0.1, -0.05) is 0 Å². The smallest absolute Gasteiger partial charge is 0.271 e. The maximum absolute atomic E-state index is 12.4. The van der Waals surface area contributed by atoms with Gasteiger partial charge in [-0.25, -0.2) is 8.42 Å². The summed E-state index contributed by atoms with van der Waals surface area (Å²) in [7, 11) is -2.27. The van der Waals surface area contributed by atoms with Crippen LogP contribution < -0.4 is 5.32 Å². The lowest BCUT2D eigenvalue weighted by atomic mass is 10.3. The van der Waals surface area contributed by atoms with Crippen LogP contribution in [0.4, 0.5) is 11.4 Å². The third-order valence-electron chi connectivity index (χ3n) is 3.19. The highest BCUT2D eigenvalue weighted by atomic mass is 32.2. The van der Waals surface area contributed by atoms with Crippen LogP contribution in [0.15, 0.2) is 23.1 Å². The molecule has 1 aromatic rings. The fourth-order valence-electron chi connectivity index (χ4n) is 2.12. The van der Waals surface area contributed by atoms with E-state index in [2.05, 4.69) is 5.32 Å². The van der Waals surface area contributed by atoms with Crippen molar-refractivity contribution in [2.24, 2.45) is 0 Å². The molecule has 1 saturated heterocycles. The number of hydrogen-bond acceptors (Lipinski definition) is 6. The van der Waals surface area contributed by atoms with Gasteiger partial charge in [0.1, 0.15) is 4.90 Å². The molecule has 1 aliphatic heterocycles. The Labute approximate surface area is 116 Å². The topological polar surface area (TPSA) is 113 Å². The number of nitrogens with one attached hydrogen (secondary N) is 1. The molecule has 0 radical (unpaired) electrons. The normalized spacial score (nSPS) is 20.0. The Balaban J connectivity index is 2.44. The van der Waals surface area contributed by atoms with Gasteiger partial charge in [0, 0.05) is 32.3 Å². The average Bonchev–Trinajstić information content (AvgIpc) is 2.85. The van der Waals surface area contributed by atoms with Crippen molar-refractivity contribution in [3.63, 3.8) is 0 Å². The molecule has 0 aliphatic carbocycles. The van der Waals surface area contributed by atoms with Crippen LogP contribution in [0.5, 0.6) is 0 Å². The molecule has 0 aromatic heterocycles. The molecule has 1 fully saturated rings. The minimum atomic E-state index is -3.77. The molecule has 1 heterocycles. The Kier molecular flexibility index (Phi) is 3.93. The molecular weight excluding hydrogens is 286 g/mol. The van der Waals surface area contributed by atoms with Gasteiger partial charge in [-0.05, 0) is 12.5 Å². The number of aliphatic hydroxyl groups excluding tert-OH is 1. The van der Waals surface area contributed by atoms with Crippen molar-refractivity contribution < 1.29 is 18.4 Å². The maximum Gasteiger partial charge on any atom is 0.271 e. The number of benzene rings is 1. The fourth-order valence-corrected chi connectivity index (χ4v) is 3.79. The number of aliphatic hydroxyl groups is 1. The molecule has 2 N–H and O–H groups in total. The third kappa shape index (κ3) is 2.60. The number of nitro groups is 1. The molecule has 1 aromatic carbocycles. The highest BCUT2D eigenvalue weighted by Crippen LogP contribution is 2.30. The Morgan fingerprint density at radius 2 is 2.20 bits per heavy atom. The molecule has 0 spiro atoms. The van der Waals surface area contributed by atoms with Gasteiger partial charge >= 0.3 is 0 Å². The predicted octanol–water partition coefficient (Wildman–Crippen LogP) is 0.392. The number of non-ortho nitro benzene ring substituents is 1. The quantitative estimate of drug-likeness (QED) is 0.614. The SMILES string of the molecule is CNc1cc([N+](=O)[O-])ccc1S(=O)(=O)N1CCC(O)C1. The number of hydrogen-bond donors (Lipinski definition) is 2. The largest absolute Gasteiger partial charge is 0.392 e. The van der Waals surface area contributed by atoms with Gasteiger partial charge in [-0.15, -0.1) is 0 Å². The summed E-state index contributed by atoms with van der Waals surface area (Å²) >= 11 is 0. The zero-order valence-electron chi connectivity index (χ0n) is 10.8. The second-order valence-electron chi connectivity index (χ2n) is 4.49. The van der Waals surface area contributed by atoms with Gasteiger partial charge in [0.15, 0.2) is 0 Å². The van der Waals surface area contributed by atoms with Gasteiger partial charge in [-0.2, -0.15) is 4.31 Å². The second kappa shape index (κ2) is 5.35. The van der Waals surface area contributed by atoms with Crippen LogP contribution in [0.2, 0.25) is 0 Å². The summed E-state index contributed by atoms with van der Waals surface area (Å²) in [5.74, 6) is 0. The lowest BCUT2D eigenvalue weighted by molar-refractivity contribution is -0.384. The number of rotatable bonds is 4. The zero-order chi connectivity index (χ0) is 14.9. The Bertz CT molecular complexity index is 631. The van der Waals surface area contributed by atoms with Crippen LogP contribution >= 0.6 is 0 Å². The molecule has 8 nitrogen and oxygen atoms in total. The summed E-state index contributed by atoms with van der Waals surface area (Å²) in [5.41, 5.74) is -0.0182. The van der Waals surface area contributed by atoms with Gasteiger partial charge in [0.05, 0.1) is 16.7 Å². The minimum Gasteiger partial charge on any atom is -0.392 e. The van der Waals surface area contributed by atoms with E-state index >= 15 is 0 Å². The van der Waals surface area contributed by atoms with Crippen molar-refractivity contribution in [2.45, 2.75) is 17.4 Å². The van der Waals surface area contributed by atoms with E-state index < -0.39 is 21.1 Å². The van der Waals surface area contributed by atoms with Crippen molar-refractivity contribution in [2.75, 3.05) is 25.5 Å². The van der Waals surface area contributed by atoms with Gasteiger partial charge in [0.2, 0.25) is 10.0 Å². The van der Waals surface area contributed by atoms with Crippen molar-refractivity contribution in [1.29, 1.82) is 0 Å². The molecule has 1 aliphatic rings. The van der Waals surface area contributed by atoms with Gasteiger partial charge < -0.3 is 10.4 Å². The molecule has 1 unspecified atom stereocenters. The fraction of sp³-hybridized carbons (Fsp3) is 0.455. The number of nitrogens with zero attached hydrogens (tertiary/aromatic N) is 2. The van der Waals surface area contributed by atoms with Crippen LogP contribution in [0, 0.1) is 10.1 Å². The van der Waals surface area contributed by atoms with E-state index in [0.717, 1.165) is 6.07 Å². The summed E-state index contributed by atoms with van der Waals surface area (Å²) in [5, 5.41) is 22.8. The van der Waals surface area contributed by atoms with Crippen molar-refractivity contribution in [3.8, 4) is 0 Å². The van der Waals surface area contributed by atoms with E-state index in [-0.39, 0.29) is 29.4 Å². The Morgan fingerprint density at radius 1 is 1.50 bits per heavy atom. The third-order valence-corrected chi connectivity index (χ3v) is 5.11. The van der Waals surface area contributed by atoms with E-state index in [1.54, 1.807) is 0 Å². The van der Waals surface area contributed by atoms with Gasteiger partial charge in [0.25, 0.3) is 5.69 Å². The number of nitro benzene ring substituents is 1. The van der Waals surface area contributed by atoms with E-state index in [1.807, 2.05) is 0 Å². The van der Waals surface area contributed by atoms with E-state index in [1.165, 1.54) is 23.5 Å². The molecular formula is C11H15N3O5S. The summed E-state index contributed by atoms with van der Waals surface area (Å²) < 4.78 is 26.1. The van der Waals surface area contributed by atoms with E-state index in [0.29, 0.717) is 6.42 Å². The Morgan fingerprint density at radius 3 is 2.70 bits per heavy atom. The first-order chi connectivity index (χ1) is 9.36. The summed E-state index contributed by atoms with van der Waals surface area (Å²) in [6.07, 6.45) is -0.276. The minimum absolute atomic E-state index is 0.0281. The van der Waals surface area contributed by atoms with Crippen LogP contribution in [-0.4, -0.2) is 49.0 Å². The molecule has 1 atom stereocenters. The average molecular weight is 301 g/mol. The molecule has 0 saturated carbocycles. The van der Waals surface area contributed by atoms with Crippen molar-refractivity contribution >= 4 is 21.4 Å².